The number of likely N-dealkylation sites (N-methyl/N-ethyl adjacent to an activating group) is 1. The van der Waals surface area contributed by atoms with Crippen LogP contribution in [0.2, 0.25) is 0 Å². The first-order chi connectivity index (χ1) is 39.7. The van der Waals surface area contributed by atoms with Gasteiger partial charge >= 0.3 is 0 Å². The zero-order chi connectivity index (χ0) is 58.1. The predicted octanol–water partition coefficient (Wildman–Crippen LogP) is 6.68. The number of nitrogens with two attached hydrogens (primary N) is 1. The van der Waals surface area contributed by atoms with Gasteiger partial charge in [0.25, 0.3) is 17.7 Å². The van der Waals surface area contributed by atoms with Crippen LogP contribution in [0.15, 0.2) is 120 Å². The molecule has 0 aromatic heterocycles. The van der Waals surface area contributed by atoms with Crippen molar-refractivity contribution in [3.63, 3.8) is 0 Å². The van der Waals surface area contributed by atoms with Crippen LogP contribution in [0.25, 0.3) is 11.1 Å². The van der Waals surface area contributed by atoms with Gasteiger partial charge in [-0.1, -0.05) is 111 Å². The number of nitrogens with one attached hydrogen (secondary N) is 4. The maximum absolute atomic E-state index is 16.0. The number of hydrogen-bond acceptors (Lipinski definition) is 9. The first-order valence-electron chi connectivity index (χ1n) is 29.4. The van der Waals surface area contributed by atoms with Crippen molar-refractivity contribution in [3.8, 4) is 11.1 Å². The Morgan fingerprint density at radius 2 is 1.05 bits per heavy atom. The van der Waals surface area contributed by atoms with E-state index in [9.17, 15) is 33.6 Å². The Morgan fingerprint density at radius 3 is 1.52 bits per heavy atom. The van der Waals surface area contributed by atoms with Crippen LogP contribution < -0.4 is 27.0 Å². The van der Waals surface area contributed by atoms with Gasteiger partial charge in [0.2, 0.25) is 23.6 Å². The fraction of sp³-hybridized carbons (Fsp3) is 0.484. The van der Waals surface area contributed by atoms with E-state index in [2.05, 4.69) is 21.3 Å². The van der Waals surface area contributed by atoms with Crippen molar-refractivity contribution in [3.05, 3.63) is 143 Å². The number of alkyl halides is 2. The number of carbonyl (C=O) groups excluding carboxylic acids is 7. The number of nitrogens with zero attached hydrogens (tertiary/aromatic N) is 4. The van der Waals surface area contributed by atoms with E-state index in [1.807, 2.05) is 60.7 Å². The highest BCUT2D eigenvalue weighted by Gasteiger charge is 2.43. The molecule has 18 heteroatoms. The summed E-state index contributed by atoms with van der Waals surface area (Å²) in [6.45, 7) is 1.65. The van der Waals surface area contributed by atoms with Gasteiger partial charge in [0.15, 0.2) is 0 Å². The molecule has 4 aromatic rings. The van der Waals surface area contributed by atoms with E-state index in [1.165, 1.54) is 19.6 Å². The second-order valence-electron chi connectivity index (χ2n) is 22.4. The molecule has 6 atom stereocenters. The summed E-state index contributed by atoms with van der Waals surface area (Å²) >= 11 is 0. The minimum Gasteiger partial charge on any atom is -0.343 e. The van der Waals surface area contributed by atoms with Gasteiger partial charge in [-0.15, -0.1) is 0 Å². The molecule has 0 radical (unpaired) electrons. The van der Waals surface area contributed by atoms with Gasteiger partial charge in [0, 0.05) is 50.4 Å². The Labute approximate surface area is 481 Å². The number of likely N-dealkylation sites (tertiary alicyclic amines) is 2. The number of halogens is 2. The Morgan fingerprint density at radius 1 is 0.598 bits per heavy atom. The molecular formula is C64H81F2N9O7. The second-order valence-corrected chi connectivity index (χ2v) is 22.4. The maximum atomic E-state index is 16.0. The van der Waals surface area contributed by atoms with Crippen molar-refractivity contribution in [1.82, 2.24) is 40.9 Å². The maximum Gasteiger partial charge on any atom is 0.270 e. The molecular weight excluding hydrogens is 1040 g/mol. The van der Waals surface area contributed by atoms with Crippen LogP contribution in [-0.2, 0) is 36.8 Å². The number of carbonyl (C=O) groups is 7. The fourth-order valence-corrected chi connectivity index (χ4v) is 11.8. The summed E-state index contributed by atoms with van der Waals surface area (Å²) in [6, 6.07) is 29.6. The highest BCUT2D eigenvalue weighted by Crippen LogP contribution is 2.32. The van der Waals surface area contributed by atoms with E-state index in [-0.39, 0.29) is 94.2 Å². The van der Waals surface area contributed by atoms with Gasteiger partial charge < -0.3 is 46.6 Å². The molecule has 16 nitrogen and oxygen atoms in total. The van der Waals surface area contributed by atoms with E-state index >= 15 is 8.78 Å². The Bertz CT molecular complexity index is 2840. The molecule has 4 aliphatic rings. The first-order valence-corrected chi connectivity index (χ1v) is 29.4. The molecule has 2 heterocycles. The van der Waals surface area contributed by atoms with E-state index in [1.54, 1.807) is 62.5 Å². The van der Waals surface area contributed by atoms with E-state index in [0.29, 0.717) is 31.2 Å². The average Bonchev–Trinajstić information content (AvgIpc) is 4.31. The predicted molar refractivity (Wildman–Crippen MR) is 311 cm³/mol. The van der Waals surface area contributed by atoms with Crippen LogP contribution in [-0.4, -0.2) is 157 Å². The third-order valence-corrected chi connectivity index (χ3v) is 17.0. The lowest BCUT2D eigenvalue weighted by molar-refractivity contribution is -0.138. The van der Waals surface area contributed by atoms with Crippen molar-refractivity contribution in [1.29, 1.82) is 0 Å². The van der Waals surface area contributed by atoms with Gasteiger partial charge in [-0.25, -0.2) is 8.78 Å². The molecule has 2 saturated carbocycles. The number of amides is 7. The summed E-state index contributed by atoms with van der Waals surface area (Å²) in [6.07, 6.45) is 7.42. The number of benzene rings is 4. The molecule has 4 aromatic carbocycles. The van der Waals surface area contributed by atoms with Gasteiger partial charge in [-0.3, -0.25) is 33.6 Å². The highest BCUT2D eigenvalue weighted by molar-refractivity contribution is 6.00. The van der Waals surface area contributed by atoms with Gasteiger partial charge in [-0.2, -0.15) is 0 Å². The normalized spacial score (nSPS) is 19.9. The van der Waals surface area contributed by atoms with Crippen LogP contribution in [0.4, 0.5) is 8.78 Å². The summed E-state index contributed by atoms with van der Waals surface area (Å²) in [7, 11) is 1.66. The summed E-state index contributed by atoms with van der Waals surface area (Å²) in [4.78, 5) is 102. The molecule has 0 bridgehead atoms. The van der Waals surface area contributed by atoms with E-state index in [0.717, 1.165) is 79.2 Å². The van der Waals surface area contributed by atoms with Gasteiger partial charge in [0.05, 0.1) is 37.3 Å². The number of hydrogen-bond donors (Lipinski definition) is 5. The Hall–Kier alpha value is -7.31. The molecule has 0 unspecified atom stereocenters. The highest BCUT2D eigenvalue weighted by atomic mass is 19.1. The van der Waals surface area contributed by atoms with Crippen LogP contribution >= 0.6 is 0 Å². The summed E-state index contributed by atoms with van der Waals surface area (Å²) < 4.78 is 31.7. The molecule has 0 spiro atoms. The second kappa shape index (κ2) is 29.6. The largest absolute Gasteiger partial charge is 0.343 e. The van der Waals surface area contributed by atoms with E-state index in [4.69, 9.17) is 5.73 Å². The molecule has 82 heavy (non-hydrogen) atoms. The molecule has 6 N–H and O–H groups in total. The zero-order valence-electron chi connectivity index (χ0n) is 47.5. The Balaban J connectivity index is 0.870. The third kappa shape index (κ3) is 16.0. The quantitative estimate of drug-likeness (QED) is 0.0502. The van der Waals surface area contributed by atoms with Crippen molar-refractivity contribution in [2.45, 2.75) is 133 Å². The molecule has 7 amide bonds. The molecule has 4 fully saturated rings. The van der Waals surface area contributed by atoms with E-state index < -0.39 is 66.0 Å². The molecule has 8 rings (SSSR count). The van der Waals surface area contributed by atoms with Gasteiger partial charge in [-0.05, 0) is 136 Å². The molecule has 438 valence electrons. The topological polar surface area (TPSA) is 207 Å². The standard InChI is InChI=1S/C64H81F2N9O7/c1-43(68-2)60(78)71-59(49-21-13-6-14-22-49)64(82)75-38-34-53(66)55(75)42-73(36-32-45-17-9-4-10-18-45)57(77)40-70-62(80)51-29-25-47(26-30-51)46-23-27-50(28-24-46)61(79)69-39-56(76)72(35-31-44-15-7-3-8-16-44)41-54-52(65)33-37-74(54)63(81)58(67)48-19-11-5-12-20-48/h3-4,7-10,15-18,23-30,43,48,52-55,58,68H,5-6,11-14,19-22,31-42,67H2,1-2H3,(H,69,79)(H,70,80)(H,71,78)/t43-,52-,53-,54+,55+,58-/m0/s1. The first kappa shape index (κ1) is 60.8. The van der Waals surface area contributed by atoms with Crippen molar-refractivity contribution >= 4 is 41.4 Å². The van der Waals surface area contributed by atoms with Crippen LogP contribution in [0.5, 0.6) is 0 Å². The monoisotopic (exact) mass is 1130 g/mol. The molecule has 2 saturated heterocycles. The zero-order valence-corrected chi connectivity index (χ0v) is 47.5. The average molecular weight is 1130 g/mol. The molecule has 2 aliphatic heterocycles. The van der Waals surface area contributed by atoms with Crippen LogP contribution in [0, 0.1) is 5.92 Å². The molecule has 2 aliphatic carbocycles. The van der Waals surface area contributed by atoms with Crippen LogP contribution in [0.3, 0.4) is 0 Å². The third-order valence-electron chi connectivity index (χ3n) is 17.0. The van der Waals surface area contributed by atoms with Crippen molar-refractivity contribution in [2.75, 3.05) is 59.4 Å². The number of rotatable bonds is 23. The lowest BCUT2D eigenvalue weighted by atomic mass is 9.83. The Kier molecular flexibility index (Phi) is 21.9. The minimum atomic E-state index is -1.42. The lowest BCUT2D eigenvalue weighted by Gasteiger charge is -2.35. The summed E-state index contributed by atoms with van der Waals surface area (Å²) in [5, 5.41) is 11.2. The lowest BCUT2D eigenvalue weighted by Crippen LogP contribution is -2.55. The summed E-state index contributed by atoms with van der Waals surface area (Å²) in [5.74, 6) is -2.87. The van der Waals surface area contributed by atoms with Crippen molar-refractivity contribution in [2.24, 2.45) is 11.7 Å². The SMILES string of the molecule is CN[C@@H](C)C(=O)NC(C(=O)N1CC[C@H](F)[C@H]1CN(CCc1ccccc1)C(=O)CNC(=O)c1ccc(-c2ccc(C(=O)NCC(=O)N(CCc3ccccc3)C[C@@H]3[C@@H](F)CCN3C(=O)[C@@H](N)C3CCCCC3)cc2)cc1)=C1CCCCC1. The minimum absolute atomic E-state index is 0.0278. The smallest absolute Gasteiger partial charge is 0.270 e. The fourth-order valence-electron chi connectivity index (χ4n) is 11.8. The van der Waals surface area contributed by atoms with Crippen LogP contribution in [0.1, 0.15) is 116 Å². The van der Waals surface area contributed by atoms with Crippen molar-refractivity contribution < 1.29 is 42.3 Å². The summed E-state index contributed by atoms with van der Waals surface area (Å²) in [5.41, 5.74) is 11.6. The van der Waals surface area contributed by atoms with Gasteiger partial charge in [0.1, 0.15) is 18.0 Å². The number of allylic oxidation sites excluding steroid dienone is 1.